The summed E-state index contributed by atoms with van der Waals surface area (Å²) in [5, 5.41) is 3.70. The van der Waals surface area contributed by atoms with Gasteiger partial charge in [-0.15, -0.1) is 11.3 Å². The van der Waals surface area contributed by atoms with Gasteiger partial charge in [0.2, 0.25) is 5.91 Å². The van der Waals surface area contributed by atoms with Crippen LogP contribution in [0.25, 0.3) is 0 Å². The fraction of sp³-hybridized carbons (Fsp3) is 0.400. The molecular weight excluding hydrogens is 496 g/mol. The molecule has 200 valence electrons. The molecule has 3 aromatic rings. The number of amides is 1. The third-order valence-corrected chi connectivity index (χ3v) is 8.33. The zero-order valence-corrected chi connectivity index (χ0v) is 22.8. The maximum atomic E-state index is 13.1. The molecule has 38 heavy (non-hydrogen) atoms. The Balaban J connectivity index is 1.20. The zero-order chi connectivity index (χ0) is 26.3. The van der Waals surface area contributed by atoms with E-state index in [9.17, 15) is 9.59 Å². The molecule has 5 rings (SSSR count). The third kappa shape index (κ3) is 6.69. The van der Waals surface area contributed by atoms with Gasteiger partial charge < -0.3 is 10.1 Å². The van der Waals surface area contributed by atoms with Gasteiger partial charge in [0, 0.05) is 57.2 Å². The molecule has 7 nitrogen and oxygen atoms in total. The van der Waals surface area contributed by atoms with Crippen molar-refractivity contribution in [3.63, 3.8) is 0 Å². The largest absolute Gasteiger partial charge is 0.462 e. The Labute approximate surface area is 229 Å². The fourth-order valence-electron chi connectivity index (χ4n) is 5.26. The van der Waals surface area contributed by atoms with E-state index in [1.54, 1.807) is 0 Å². The molecule has 0 aliphatic carbocycles. The zero-order valence-electron chi connectivity index (χ0n) is 22.0. The van der Waals surface area contributed by atoms with E-state index in [0.717, 1.165) is 69.2 Å². The van der Waals surface area contributed by atoms with Crippen molar-refractivity contribution in [3.05, 3.63) is 87.8 Å². The minimum absolute atomic E-state index is 0.0770. The Bertz CT molecular complexity index is 1220. The van der Waals surface area contributed by atoms with E-state index in [1.165, 1.54) is 22.5 Å². The van der Waals surface area contributed by atoms with Crippen LogP contribution in [0.15, 0.2) is 60.7 Å². The van der Waals surface area contributed by atoms with Crippen LogP contribution in [0.1, 0.15) is 38.8 Å². The van der Waals surface area contributed by atoms with Crippen LogP contribution in [0.2, 0.25) is 0 Å². The van der Waals surface area contributed by atoms with Crippen LogP contribution in [0, 0.1) is 0 Å². The average molecular weight is 533 g/mol. The summed E-state index contributed by atoms with van der Waals surface area (Å²) in [5.41, 5.74) is 4.17. The standard InChI is InChI=1S/C30H36N4O3S/c1-2-37-30(36)28-25-13-14-34(20-24-11-7-4-8-12-24)21-26(25)38-29(28)31-27(35)22-33-17-15-32(16-18-33)19-23-9-5-3-6-10-23/h3-12H,2,13-22H2,1H3,(H,31,35). The molecule has 1 amide bonds. The Morgan fingerprint density at radius 1 is 0.842 bits per heavy atom. The van der Waals surface area contributed by atoms with Crippen molar-refractivity contribution in [2.75, 3.05) is 51.2 Å². The molecule has 0 unspecified atom stereocenters. The van der Waals surface area contributed by atoms with Crippen molar-refractivity contribution in [3.8, 4) is 0 Å². The predicted octanol–water partition coefficient (Wildman–Crippen LogP) is 4.24. The van der Waals surface area contributed by atoms with Gasteiger partial charge in [-0.1, -0.05) is 60.7 Å². The van der Waals surface area contributed by atoms with Gasteiger partial charge in [0.05, 0.1) is 18.7 Å². The van der Waals surface area contributed by atoms with E-state index in [2.05, 4.69) is 68.5 Å². The lowest BCUT2D eigenvalue weighted by Gasteiger charge is -2.34. The number of anilines is 1. The van der Waals surface area contributed by atoms with Gasteiger partial charge in [-0.25, -0.2) is 4.79 Å². The molecule has 1 N–H and O–H groups in total. The van der Waals surface area contributed by atoms with Crippen molar-refractivity contribution < 1.29 is 14.3 Å². The first-order valence-electron chi connectivity index (χ1n) is 13.5. The molecule has 0 bridgehead atoms. The third-order valence-electron chi connectivity index (χ3n) is 7.20. The number of hydrogen-bond acceptors (Lipinski definition) is 7. The first-order chi connectivity index (χ1) is 18.6. The van der Waals surface area contributed by atoms with Crippen LogP contribution in [0.4, 0.5) is 5.00 Å². The molecule has 0 saturated carbocycles. The molecule has 1 aromatic heterocycles. The monoisotopic (exact) mass is 532 g/mol. The highest BCUT2D eigenvalue weighted by molar-refractivity contribution is 7.17. The highest BCUT2D eigenvalue weighted by Gasteiger charge is 2.30. The molecule has 0 spiro atoms. The molecule has 2 aliphatic rings. The van der Waals surface area contributed by atoms with Crippen LogP contribution in [-0.4, -0.2) is 72.5 Å². The minimum atomic E-state index is -0.341. The number of thiophene rings is 1. The average Bonchev–Trinajstić information content (AvgIpc) is 3.28. The normalized spacial score (nSPS) is 16.7. The Kier molecular flexibility index (Phi) is 8.86. The van der Waals surface area contributed by atoms with Crippen molar-refractivity contribution in [2.45, 2.75) is 33.0 Å². The number of nitrogens with zero attached hydrogens (tertiary/aromatic N) is 3. The molecule has 2 aromatic carbocycles. The van der Waals surface area contributed by atoms with E-state index < -0.39 is 0 Å². The summed E-state index contributed by atoms with van der Waals surface area (Å²) in [6, 6.07) is 20.9. The number of hydrogen-bond donors (Lipinski definition) is 1. The van der Waals surface area contributed by atoms with Crippen molar-refractivity contribution in [1.29, 1.82) is 0 Å². The number of piperazine rings is 1. The van der Waals surface area contributed by atoms with Gasteiger partial charge in [-0.2, -0.15) is 0 Å². The summed E-state index contributed by atoms with van der Waals surface area (Å²) in [6.45, 7) is 9.44. The SMILES string of the molecule is CCOC(=O)c1c(NC(=O)CN2CCN(Cc3ccccc3)CC2)sc2c1CCN(Cc1ccccc1)C2. The summed E-state index contributed by atoms with van der Waals surface area (Å²) in [7, 11) is 0. The highest BCUT2D eigenvalue weighted by atomic mass is 32.1. The van der Waals surface area contributed by atoms with E-state index in [4.69, 9.17) is 4.74 Å². The number of ether oxygens (including phenoxy) is 1. The summed E-state index contributed by atoms with van der Waals surface area (Å²) in [6.07, 6.45) is 0.770. The smallest absolute Gasteiger partial charge is 0.341 e. The number of rotatable bonds is 9. The van der Waals surface area contributed by atoms with Gasteiger partial charge in [0.15, 0.2) is 0 Å². The summed E-state index contributed by atoms with van der Waals surface area (Å²) >= 11 is 1.52. The quantitative estimate of drug-likeness (QED) is 0.416. The van der Waals surface area contributed by atoms with Crippen molar-refractivity contribution in [2.24, 2.45) is 0 Å². The number of fused-ring (bicyclic) bond motifs is 1. The van der Waals surface area contributed by atoms with E-state index in [-0.39, 0.29) is 11.9 Å². The van der Waals surface area contributed by atoms with Crippen LogP contribution in [0.5, 0.6) is 0 Å². The number of carbonyl (C=O) groups is 2. The second-order valence-corrected chi connectivity index (χ2v) is 11.1. The lowest BCUT2D eigenvalue weighted by molar-refractivity contribution is -0.117. The summed E-state index contributed by atoms with van der Waals surface area (Å²) in [5.74, 6) is -0.418. The highest BCUT2D eigenvalue weighted by Crippen LogP contribution is 2.38. The van der Waals surface area contributed by atoms with Crippen molar-refractivity contribution >= 4 is 28.2 Å². The maximum Gasteiger partial charge on any atom is 0.341 e. The molecule has 2 aliphatic heterocycles. The van der Waals surface area contributed by atoms with Crippen LogP contribution < -0.4 is 5.32 Å². The summed E-state index contributed by atoms with van der Waals surface area (Å²) < 4.78 is 5.39. The van der Waals surface area contributed by atoms with Gasteiger partial charge in [-0.3, -0.25) is 19.5 Å². The van der Waals surface area contributed by atoms with Crippen LogP contribution >= 0.6 is 11.3 Å². The number of benzene rings is 2. The van der Waals surface area contributed by atoms with Gasteiger partial charge in [0.25, 0.3) is 0 Å². The van der Waals surface area contributed by atoms with Crippen LogP contribution in [0.3, 0.4) is 0 Å². The lowest BCUT2D eigenvalue weighted by atomic mass is 10.0. The molecule has 3 heterocycles. The van der Waals surface area contributed by atoms with E-state index in [1.807, 2.05) is 19.1 Å². The number of carbonyl (C=O) groups excluding carboxylic acids is 2. The number of nitrogens with one attached hydrogen (secondary N) is 1. The van der Waals surface area contributed by atoms with Crippen molar-refractivity contribution in [1.82, 2.24) is 14.7 Å². The topological polar surface area (TPSA) is 65.1 Å². The second-order valence-electron chi connectivity index (χ2n) is 9.96. The molecular formula is C30H36N4O3S. The first-order valence-corrected chi connectivity index (χ1v) is 14.3. The molecule has 1 saturated heterocycles. The minimum Gasteiger partial charge on any atom is -0.462 e. The first kappa shape index (κ1) is 26.6. The fourth-order valence-corrected chi connectivity index (χ4v) is 6.55. The van der Waals surface area contributed by atoms with Crippen LogP contribution in [-0.2, 0) is 35.6 Å². The molecule has 0 radical (unpaired) electrons. The predicted molar refractivity (Wildman–Crippen MR) is 151 cm³/mol. The number of esters is 1. The second kappa shape index (κ2) is 12.7. The van der Waals surface area contributed by atoms with Gasteiger partial charge in [-0.05, 0) is 30.0 Å². The van der Waals surface area contributed by atoms with E-state index in [0.29, 0.717) is 23.7 Å². The van der Waals surface area contributed by atoms with Gasteiger partial charge >= 0.3 is 5.97 Å². The maximum absolute atomic E-state index is 13.1. The summed E-state index contributed by atoms with van der Waals surface area (Å²) in [4.78, 5) is 34.2. The molecule has 8 heteroatoms. The van der Waals surface area contributed by atoms with Gasteiger partial charge in [0.1, 0.15) is 5.00 Å². The van der Waals surface area contributed by atoms with E-state index >= 15 is 0 Å². The Morgan fingerprint density at radius 3 is 2.08 bits per heavy atom. The Morgan fingerprint density at radius 2 is 1.45 bits per heavy atom. The molecule has 1 fully saturated rings. The lowest BCUT2D eigenvalue weighted by Crippen LogP contribution is -2.48. The Hall–Kier alpha value is -3.04. The molecule has 0 atom stereocenters.